The third kappa shape index (κ3) is 4.46. The van der Waals surface area contributed by atoms with Crippen LogP contribution in [-0.4, -0.2) is 19.1 Å². The van der Waals surface area contributed by atoms with E-state index in [-0.39, 0.29) is 5.41 Å². The largest absolute Gasteiger partial charge is 0.456 e. The Bertz CT molecular complexity index is 3940. The molecule has 5 heteroatoms. The van der Waals surface area contributed by atoms with Gasteiger partial charge in [0.25, 0.3) is 0 Å². The summed E-state index contributed by atoms with van der Waals surface area (Å²) in [6.45, 7) is 4.68. The summed E-state index contributed by atoms with van der Waals surface area (Å²) >= 11 is 0. The number of para-hydroxylation sites is 2. The number of hydrogen-bond donors (Lipinski definition) is 0. The lowest BCUT2D eigenvalue weighted by atomic mass is 9.82. The molecular formula is C57H36N4O. The molecule has 12 aromatic rings. The van der Waals surface area contributed by atoms with E-state index in [0.29, 0.717) is 5.95 Å². The van der Waals surface area contributed by atoms with Crippen LogP contribution in [0.1, 0.15) is 25.0 Å². The van der Waals surface area contributed by atoms with Crippen LogP contribution in [0.2, 0.25) is 0 Å². The summed E-state index contributed by atoms with van der Waals surface area (Å²) in [5.74, 6) is 2.22. The van der Waals surface area contributed by atoms with Gasteiger partial charge >= 0.3 is 0 Å². The van der Waals surface area contributed by atoms with E-state index in [2.05, 4.69) is 175 Å². The molecule has 1 aliphatic heterocycles. The van der Waals surface area contributed by atoms with Gasteiger partial charge in [-0.2, -0.15) is 0 Å². The molecule has 4 heterocycles. The number of hydrogen-bond acceptors (Lipinski definition) is 3. The number of nitrogens with zero attached hydrogens (tertiary/aromatic N) is 4. The molecule has 1 aliphatic carbocycles. The minimum absolute atomic E-state index is 0.0369. The second kappa shape index (κ2) is 12.1. The van der Waals surface area contributed by atoms with Crippen molar-refractivity contribution >= 4 is 65.3 Å². The van der Waals surface area contributed by atoms with Gasteiger partial charge < -0.3 is 9.30 Å². The highest BCUT2D eigenvalue weighted by Gasteiger charge is 2.35. The molecule has 0 fully saturated rings. The van der Waals surface area contributed by atoms with Crippen molar-refractivity contribution in [2.45, 2.75) is 19.3 Å². The maximum atomic E-state index is 6.35. The number of ether oxygens (including phenoxy) is 1. The van der Waals surface area contributed by atoms with E-state index in [0.717, 1.165) is 66.4 Å². The van der Waals surface area contributed by atoms with E-state index in [1.807, 2.05) is 30.3 Å². The van der Waals surface area contributed by atoms with Crippen molar-refractivity contribution in [3.63, 3.8) is 0 Å². The number of rotatable bonds is 3. The second-order valence-corrected chi connectivity index (χ2v) is 17.4. The SMILES string of the molecule is CC1(C)c2ccccc2-c2cc(-n3c4ccccc4c4cc(-c5ccc6c(c5)c5ccc7ccccc7c5n6-c5nc6c7c(cccc7n5)Oc5ccccc5-6)ccc43)ccc21. The van der Waals surface area contributed by atoms with E-state index in [9.17, 15) is 0 Å². The minimum Gasteiger partial charge on any atom is -0.456 e. The molecule has 9 aromatic carbocycles. The Morgan fingerprint density at radius 1 is 0.452 bits per heavy atom. The van der Waals surface area contributed by atoms with Crippen LogP contribution in [-0.2, 0) is 5.41 Å². The Balaban J connectivity index is 0.972. The van der Waals surface area contributed by atoms with E-state index in [4.69, 9.17) is 14.7 Å². The van der Waals surface area contributed by atoms with Crippen molar-refractivity contribution in [1.82, 2.24) is 19.1 Å². The summed E-state index contributed by atoms with van der Waals surface area (Å²) in [4.78, 5) is 10.7. The van der Waals surface area contributed by atoms with Crippen LogP contribution in [0.25, 0.3) is 110 Å². The van der Waals surface area contributed by atoms with Gasteiger partial charge in [-0.3, -0.25) is 4.57 Å². The van der Waals surface area contributed by atoms with Gasteiger partial charge in [-0.15, -0.1) is 0 Å². The van der Waals surface area contributed by atoms with Gasteiger partial charge in [-0.25, -0.2) is 9.97 Å². The van der Waals surface area contributed by atoms with Crippen LogP contribution in [0.3, 0.4) is 0 Å². The molecule has 0 amide bonds. The highest BCUT2D eigenvalue weighted by molar-refractivity contribution is 6.19. The average molecular weight is 793 g/mol. The van der Waals surface area contributed by atoms with E-state index < -0.39 is 0 Å². The molecule has 2 aliphatic rings. The van der Waals surface area contributed by atoms with Crippen LogP contribution in [0.4, 0.5) is 0 Å². The highest BCUT2D eigenvalue weighted by Crippen LogP contribution is 2.50. The predicted octanol–water partition coefficient (Wildman–Crippen LogP) is 14.7. The second-order valence-electron chi connectivity index (χ2n) is 17.4. The van der Waals surface area contributed by atoms with Crippen molar-refractivity contribution in [3.05, 3.63) is 193 Å². The van der Waals surface area contributed by atoms with Crippen molar-refractivity contribution in [2.24, 2.45) is 0 Å². The minimum atomic E-state index is -0.0369. The van der Waals surface area contributed by atoms with Gasteiger partial charge in [0.1, 0.15) is 11.5 Å². The summed E-state index contributed by atoms with van der Waals surface area (Å²) in [7, 11) is 0. The molecule has 62 heavy (non-hydrogen) atoms. The van der Waals surface area contributed by atoms with Crippen LogP contribution in [0.15, 0.2) is 182 Å². The third-order valence-corrected chi connectivity index (χ3v) is 13.7. The third-order valence-electron chi connectivity index (χ3n) is 13.7. The summed E-state index contributed by atoms with van der Waals surface area (Å²) in [5.41, 5.74) is 16.1. The lowest BCUT2D eigenvalue weighted by molar-refractivity contribution is 0.486. The van der Waals surface area contributed by atoms with Gasteiger partial charge in [-0.05, 0) is 105 Å². The lowest BCUT2D eigenvalue weighted by Crippen LogP contribution is -2.14. The van der Waals surface area contributed by atoms with Crippen molar-refractivity contribution in [2.75, 3.05) is 0 Å². The molecule has 290 valence electrons. The summed E-state index contributed by atoms with van der Waals surface area (Å²) in [6.07, 6.45) is 0. The molecule has 0 saturated heterocycles. The van der Waals surface area contributed by atoms with Crippen LogP contribution in [0, 0.1) is 0 Å². The van der Waals surface area contributed by atoms with Crippen molar-refractivity contribution in [3.8, 4) is 56.6 Å². The highest BCUT2D eigenvalue weighted by atomic mass is 16.5. The van der Waals surface area contributed by atoms with E-state index >= 15 is 0 Å². The summed E-state index contributed by atoms with van der Waals surface area (Å²) in [6, 6.07) is 65.9. The first kappa shape index (κ1) is 33.8. The molecule has 0 unspecified atom stereocenters. The molecule has 14 rings (SSSR count). The zero-order valence-electron chi connectivity index (χ0n) is 34.0. The molecule has 5 nitrogen and oxygen atoms in total. The average Bonchev–Trinajstić information content (AvgIpc) is 3.91. The molecule has 0 spiro atoms. The molecule has 0 N–H and O–H groups in total. The van der Waals surface area contributed by atoms with Crippen LogP contribution >= 0.6 is 0 Å². The zero-order chi connectivity index (χ0) is 40.8. The normalized spacial score (nSPS) is 13.6. The molecule has 0 bridgehead atoms. The first-order chi connectivity index (χ1) is 30.5. The Labute approximate surface area is 356 Å². The van der Waals surface area contributed by atoms with Gasteiger partial charge in [0.05, 0.1) is 38.7 Å². The van der Waals surface area contributed by atoms with Gasteiger partial charge in [0, 0.05) is 43.6 Å². The first-order valence-electron chi connectivity index (χ1n) is 21.3. The molecule has 3 aromatic heterocycles. The fourth-order valence-electron chi connectivity index (χ4n) is 10.8. The summed E-state index contributed by atoms with van der Waals surface area (Å²) < 4.78 is 11.1. The fraction of sp³-hybridized carbons (Fsp3) is 0.0526. The quantitative estimate of drug-likeness (QED) is 0.179. The Morgan fingerprint density at radius 3 is 2.00 bits per heavy atom. The predicted molar refractivity (Wildman–Crippen MR) is 254 cm³/mol. The maximum Gasteiger partial charge on any atom is 0.235 e. The monoisotopic (exact) mass is 792 g/mol. The Kier molecular flexibility index (Phi) is 6.57. The number of fused-ring (bicyclic) bond motifs is 13. The fourth-order valence-corrected chi connectivity index (χ4v) is 10.8. The van der Waals surface area contributed by atoms with Gasteiger partial charge in [0.2, 0.25) is 5.95 Å². The van der Waals surface area contributed by atoms with Crippen molar-refractivity contribution < 1.29 is 4.74 Å². The molecule has 0 radical (unpaired) electrons. The van der Waals surface area contributed by atoms with Gasteiger partial charge in [0.15, 0.2) is 0 Å². The lowest BCUT2D eigenvalue weighted by Gasteiger charge is -2.21. The maximum absolute atomic E-state index is 6.35. The number of benzene rings is 9. The zero-order valence-corrected chi connectivity index (χ0v) is 34.0. The molecular weight excluding hydrogens is 757 g/mol. The Morgan fingerprint density at radius 2 is 1.13 bits per heavy atom. The van der Waals surface area contributed by atoms with E-state index in [1.165, 1.54) is 60.7 Å². The first-order valence-corrected chi connectivity index (χ1v) is 21.3. The molecule has 0 atom stereocenters. The van der Waals surface area contributed by atoms with Crippen LogP contribution in [0.5, 0.6) is 11.5 Å². The topological polar surface area (TPSA) is 44.9 Å². The van der Waals surface area contributed by atoms with Crippen molar-refractivity contribution in [1.29, 1.82) is 0 Å². The smallest absolute Gasteiger partial charge is 0.235 e. The Hall–Kier alpha value is -8.02. The standard InChI is InChI=1S/C57H36N4O/c1-57(2)45-17-8-5-14-38(45)42-32-36(25-27-46(42)57)60-48-19-9-6-15-39(48)43-30-34(23-28-49(43)60)35-24-29-50-44(31-35)40-26-22-33-12-3-4-13-37(33)55(40)61(50)56-58-47-18-11-21-52-53(47)54(59-56)41-16-7-10-20-51(41)62-52/h3-32H,1-2H3. The van der Waals surface area contributed by atoms with E-state index in [1.54, 1.807) is 0 Å². The number of aromatic nitrogens is 4. The van der Waals surface area contributed by atoms with Crippen LogP contribution < -0.4 is 4.74 Å². The molecule has 0 saturated carbocycles. The van der Waals surface area contributed by atoms with Gasteiger partial charge in [-0.1, -0.05) is 129 Å². The summed E-state index contributed by atoms with van der Waals surface area (Å²) in [5, 5.41) is 8.05.